The van der Waals surface area contributed by atoms with Crippen LogP contribution in [0.15, 0.2) is 36.4 Å². The molecule has 24 heavy (non-hydrogen) atoms. The Morgan fingerprint density at radius 1 is 1.25 bits per heavy atom. The van der Waals surface area contributed by atoms with Crippen LogP contribution >= 0.6 is 11.6 Å². The van der Waals surface area contributed by atoms with Gasteiger partial charge in [0.25, 0.3) is 5.91 Å². The standard InChI is InChI=1S/C17H16ClNO5/c1-10-5-3-4-6-14(10)24-9-15(20)19-13-8-11(17(21)22)7-12(18)16(13)23-2/h3-8H,9H2,1-2H3,(H,19,20)(H,21,22). The molecule has 0 saturated carbocycles. The van der Waals surface area contributed by atoms with E-state index in [4.69, 9.17) is 26.2 Å². The minimum Gasteiger partial charge on any atom is -0.493 e. The van der Waals surface area contributed by atoms with Crippen LogP contribution in [0.25, 0.3) is 0 Å². The molecule has 0 spiro atoms. The third kappa shape index (κ3) is 4.17. The molecular formula is C17H16ClNO5. The van der Waals surface area contributed by atoms with Crippen LogP contribution < -0.4 is 14.8 Å². The van der Waals surface area contributed by atoms with Crippen LogP contribution in [0.3, 0.4) is 0 Å². The predicted molar refractivity (Wildman–Crippen MR) is 90.3 cm³/mol. The molecule has 0 fully saturated rings. The fourth-order valence-electron chi connectivity index (χ4n) is 2.07. The quantitative estimate of drug-likeness (QED) is 0.835. The number of para-hydroxylation sites is 1. The van der Waals surface area contributed by atoms with Gasteiger partial charge in [-0.25, -0.2) is 4.79 Å². The molecule has 0 bridgehead atoms. The first-order chi connectivity index (χ1) is 11.4. The lowest BCUT2D eigenvalue weighted by Gasteiger charge is -2.13. The number of carboxylic acids is 1. The van der Waals surface area contributed by atoms with Crippen LogP contribution in [-0.2, 0) is 4.79 Å². The Kier molecular flexibility index (Phi) is 5.65. The minimum atomic E-state index is -1.16. The molecule has 7 heteroatoms. The first-order valence-electron chi connectivity index (χ1n) is 7.01. The van der Waals surface area contributed by atoms with E-state index in [2.05, 4.69) is 5.32 Å². The van der Waals surface area contributed by atoms with Gasteiger partial charge in [0.15, 0.2) is 12.4 Å². The van der Waals surface area contributed by atoms with E-state index in [1.54, 1.807) is 12.1 Å². The monoisotopic (exact) mass is 349 g/mol. The van der Waals surface area contributed by atoms with Crippen LogP contribution in [0.5, 0.6) is 11.5 Å². The van der Waals surface area contributed by atoms with Crippen molar-refractivity contribution in [3.63, 3.8) is 0 Å². The lowest BCUT2D eigenvalue weighted by Crippen LogP contribution is -2.21. The zero-order valence-corrected chi connectivity index (χ0v) is 13.9. The highest BCUT2D eigenvalue weighted by molar-refractivity contribution is 6.33. The zero-order chi connectivity index (χ0) is 17.7. The molecule has 126 valence electrons. The topological polar surface area (TPSA) is 84.9 Å². The molecule has 0 aliphatic carbocycles. The third-order valence-corrected chi connectivity index (χ3v) is 3.50. The molecule has 0 aliphatic heterocycles. The number of ether oxygens (including phenoxy) is 2. The number of carbonyl (C=O) groups excluding carboxylic acids is 1. The molecular weight excluding hydrogens is 334 g/mol. The van der Waals surface area contributed by atoms with Gasteiger partial charge in [0.1, 0.15) is 5.75 Å². The van der Waals surface area contributed by atoms with Crippen molar-refractivity contribution in [2.45, 2.75) is 6.92 Å². The average molecular weight is 350 g/mol. The number of amides is 1. The fraction of sp³-hybridized carbons (Fsp3) is 0.176. The Morgan fingerprint density at radius 3 is 2.58 bits per heavy atom. The molecule has 1 amide bonds. The number of aromatic carboxylic acids is 1. The normalized spacial score (nSPS) is 10.1. The number of halogens is 1. The SMILES string of the molecule is COc1c(Cl)cc(C(=O)O)cc1NC(=O)COc1ccccc1C. The molecule has 2 aromatic carbocycles. The summed E-state index contributed by atoms with van der Waals surface area (Å²) in [5, 5.41) is 11.7. The van der Waals surface area contributed by atoms with E-state index in [-0.39, 0.29) is 28.6 Å². The van der Waals surface area contributed by atoms with Crippen molar-refractivity contribution < 1.29 is 24.2 Å². The van der Waals surface area contributed by atoms with Gasteiger partial charge in [0.2, 0.25) is 0 Å². The molecule has 2 rings (SSSR count). The Bertz CT molecular complexity index is 776. The molecule has 2 aromatic rings. The van der Waals surface area contributed by atoms with Crippen molar-refractivity contribution in [2.24, 2.45) is 0 Å². The number of anilines is 1. The molecule has 2 N–H and O–H groups in total. The van der Waals surface area contributed by atoms with Crippen LogP contribution in [0.2, 0.25) is 5.02 Å². The first-order valence-corrected chi connectivity index (χ1v) is 7.39. The largest absolute Gasteiger partial charge is 0.493 e. The second kappa shape index (κ2) is 7.70. The summed E-state index contributed by atoms with van der Waals surface area (Å²) >= 11 is 5.99. The highest BCUT2D eigenvalue weighted by atomic mass is 35.5. The lowest BCUT2D eigenvalue weighted by atomic mass is 10.2. The van der Waals surface area contributed by atoms with Crippen LogP contribution in [0, 0.1) is 6.92 Å². The van der Waals surface area contributed by atoms with E-state index in [1.807, 2.05) is 19.1 Å². The molecule has 0 atom stereocenters. The number of aryl methyl sites for hydroxylation is 1. The summed E-state index contributed by atoms with van der Waals surface area (Å²) in [6.07, 6.45) is 0. The van der Waals surface area contributed by atoms with Crippen molar-refractivity contribution in [3.8, 4) is 11.5 Å². The molecule has 0 heterocycles. The first kappa shape index (κ1) is 17.6. The number of carbonyl (C=O) groups is 2. The van der Waals surface area contributed by atoms with Crippen molar-refractivity contribution in [2.75, 3.05) is 19.0 Å². The van der Waals surface area contributed by atoms with Crippen LogP contribution in [0.4, 0.5) is 5.69 Å². The van der Waals surface area contributed by atoms with Gasteiger partial charge in [0, 0.05) is 0 Å². The molecule has 0 aromatic heterocycles. The zero-order valence-electron chi connectivity index (χ0n) is 13.1. The van der Waals surface area contributed by atoms with Gasteiger partial charge in [-0.05, 0) is 30.7 Å². The van der Waals surface area contributed by atoms with E-state index >= 15 is 0 Å². The van der Waals surface area contributed by atoms with Gasteiger partial charge < -0.3 is 19.9 Å². The summed E-state index contributed by atoms with van der Waals surface area (Å²) in [4.78, 5) is 23.2. The number of benzene rings is 2. The molecule has 0 aliphatic rings. The highest BCUT2D eigenvalue weighted by Crippen LogP contribution is 2.34. The van der Waals surface area contributed by atoms with Crippen molar-refractivity contribution in [1.29, 1.82) is 0 Å². The maximum Gasteiger partial charge on any atom is 0.335 e. The lowest BCUT2D eigenvalue weighted by molar-refractivity contribution is -0.118. The average Bonchev–Trinajstić information content (AvgIpc) is 2.53. The summed E-state index contributed by atoms with van der Waals surface area (Å²) < 4.78 is 10.6. The van der Waals surface area contributed by atoms with Gasteiger partial charge in [-0.15, -0.1) is 0 Å². The number of carboxylic acid groups (broad SMARTS) is 1. The van der Waals surface area contributed by atoms with E-state index in [0.717, 1.165) is 5.56 Å². The number of hydrogen-bond acceptors (Lipinski definition) is 4. The minimum absolute atomic E-state index is 0.0593. The summed E-state index contributed by atoms with van der Waals surface area (Å²) in [5.41, 5.74) is 1.01. The second-order valence-corrected chi connectivity index (χ2v) is 5.35. The summed E-state index contributed by atoms with van der Waals surface area (Å²) in [6.45, 7) is 1.63. The van der Waals surface area contributed by atoms with E-state index < -0.39 is 11.9 Å². The molecule has 6 nitrogen and oxygen atoms in total. The molecule has 0 radical (unpaired) electrons. The van der Waals surface area contributed by atoms with Gasteiger partial charge in [-0.1, -0.05) is 29.8 Å². The highest BCUT2D eigenvalue weighted by Gasteiger charge is 2.16. The van der Waals surface area contributed by atoms with Gasteiger partial charge >= 0.3 is 5.97 Å². The summed E-state index contributed by atoms with van der Waals surface area (Å²) in [7, 11) is 1.38. The number of hydrogen-bond donors (Lipinski definition) is 2. The molecule has 0 unspecified atom stereocenters. The van der Waals surface area contributed by atoms with E-state index in [0.29, 0.717) is 5.75 Å². The van der Waals surface area contributed by atoms with Crippen molar-refractivity contribution in [3.05, 3.63) is 52.5 Å². The van der Waals surface area contributed by atoms with Gasteiger partial charge in [-0.3, -0.25) is 4.79 Å². The van der Waals surface area contributed by atoms with Crippen LogP contribution in [0.1, 0.15) is 15.9 Å². The Hall–Kier alpha value is -2.73. The fourth-order valence-corrected chi connectivity index (χ4v) is 2.36. The van der Waals surface area contributed by atoms with Gasteiger partial charge in [0.05, 0.1) is 23.4 Å². The Labute approximate surface area is 144 Å². The maximum absolute atomic E-state index is 12.1. The summed E-state index contributed by atoms with van der Waals surface area (Å²) in [6, 6.07) is 9.82. The second-order valence-electron chi connectivity index (χ2n) is 4.95. The third-order valence-electron chi connectivity index (χ3n) is 3.22. The van der Waals surface area contributed by atoms with Crippen molar-refractivity contribution >= 4 is 29.2 Å². The number of nitrogens with one attached hydrogen (secondary N) is 1. The Morgan fingerprint density at radius 2 is 1.96 bits per heavy atom. The predicted octanol–water partition coefficient (Wildman–Crippen LogP) is 3.37. The smallest absolute Gasteiger partial charge is 0.335 e. The van der Waals surface area contributed by atoms with E-state index in [1.165, 1.54) is 19.2 Å². The Balaban J connectivity index is 2.13. The van der Waals surface area contributed by atoms with Crippen molar-refractivity contribution in [1.82, 2.24) is 0 Å². The number of rotatable bonds is 6. The summed E-state index contributed by atoms with van der Waals surface area (Å²) in [5.74, 6) is -0.843. The van der Waals surface area contributed by atoms with E-state index in [9.17, 15) is 9.59 Å². The molecule has 0 saturated heterocycles. The maximum atomic E-state index is 12.1. The van der Waals surface area contributed by atoms with Gasteiger partial charge in [-0.2, -0.15) is 0 Å². The van der Waals surface area contributed by atoms with Crippen LogP contribution in [-0.4, -0.2) is 30.7 Å². The number of methoxy groups -OCH3 is 1.